The van der Waals surface area contributed by atoms with E-state index in [-0.39, 0.29) is 27.7 Å². The molecule has 0 aromatic heterocycles. The van der Waals surface area contributed by atoms with Gasteiger partial charge >= 0.3 is 27.7 Å². The van der Waals surface area contributed by atoms with Crippen LogP contribution in [0.3, 0.4) is 0 Å². The van der Waals surface area contributed by atoms with Crippen LogP contribution in [-0.2, 0) is 37.3 Å². The van der Waals surface area contributed by atoms with Crippen molar-refractivity contribution in [2.24, 2.45) is 0 Å². The molecule has 0 unspecified atom stereocenters. The molecule has 0 rings (SSSR count). The molecule has 0 N–H and O–H groups in total. The number of carbonyl (C=O) groups is 2. The van der Waals surface area contributed by atoms with Gasteiger partial charge in [0.2, 0.25) is 0 Å². The minimum atomic E-state index is -1.55. The van der Waals surface area contributed by atoms with Crippen molar-refractivity contribution in [2.75, 3.05) is 0 Å². The maximum atomic E-state index is 9.41. The molecule has 0 saturated carbocycles. The average molecular weight is 315 g/mol. The molecule has 0 aromatic rings. The summed E-state index contributed by atoms with van der Waals surface area (Å²) in [5, 5.41) is 18.8. The molecule has 0 aliphatic carbocycles. The third-order valence-electron chi connectivity index (χ3n) is 0.355. The van der Waals surface area contributed by atoms with Crippen LogP contribution in [0.5, 0.6) is 0 Å². The van der Waals surface area contributed by atoms with Gasteiger partial charge in [0.15, 0.2) is 0 Å². The van der Waals surface area contributed by atoms with Gasteiger partial charge in [-0.05, 0) is 12.2 Å². The second-order valence-corrected chi connectivity index (χ2v) is 0.971. The first-order valence-electron chi connectivity index (χ1n) is 1.73. The van der Waals surface area contributed by atoms with E-state index >= 15 is 0 Å². The molecule has 0 saturated heterocycles. The quantitative estimate of drug-likeness (QED) is 0.403. The molecule has 0 amide bonds. The van der Waals surface area contributed by atoms with Crippen LogP contribution in [0, 0.1) is 0 Å². The number of aliphatic carboxylic acids is 2. The van der Waals surface area contributed by atoms with Crippen molar-refractivity contribution >= 4 is 11.9 Å². The summed E-state index contributed by atoms with van der Waals surface area (Å²) >= 11 is 0. The van der Waals surface area contributed by atoms with Crippen LogP contribution >= 0.6 is 0 Å². The molecule has 5 heteroatoms. The first-order valence-corrected chi connectivity index (χ1v) is 1.73. The Morgan fingerprint density at radius 1 is 1.00 bits per heavy atom. The second kappa shape index (κ2) is 5.75. The molecule has 0 spiro atoms. The molecule has 0 aliphatic heterocycles. The van der Waals surface area contributed by atoms with E-state index in [2.05, 4.69) is 0 Å². The number of rotatable bonds is 2. The molecule has 0 radical (unpaired) electrons. The maximum Gasteiger partial charge on any atom is 2.00 e. The Morgan fingerprint density at radius 2 is 1.22 bits per heavy atom. The van der Waals surface area contributed by atoms with Gasteiger partial charge < -0.3 is 19.8 Å². The number of carboxylic acids is 2. The Bertz CT molecular complexity index is 124. The van der Waals surface area contributed by atoms with E-state index in [1.54, 1.807) is 0 Å². The fourth-order valence-electron chi connectivity index (χ4n) is 0.136. The average Bonchev–Trinajstić information content (AvgIpc) is 1.61. The molecule has 0 bridgehead atoms. The van der Waals surface area contributed by atoms with E-state index in [9.17, 15) is 19.8 Å². The summed E-state index contributed by atoms with van der Waals surface area (Å²) in [6.45, 7) is 0. The van der Waals surface area contributed by atoms with Crippen LogP contribution in [0.4, 0.5) is 0 Å². The Balaban J connectivity index is 0. The summed E-state index contributed by atoms with van der Waals surface area (Å²) in [5.74, 6) is -3.09. The molecule has 4 nitrogen and oxygen atoms in total. The van der Waals surface area contributed by atoms with Crippen molar-refractivity contribution in [3.63, 3.8) is 0 Å². The minimum Gasteiger partial charge on any atom is -0.545 e. The predicted octanol–water partition coefficient (Wildman–Crippen LogP) is -2.96. The normalized spacial score (nSPS) is 8.44. The van der Waals surface area contributed by atoms with Crippen molar-refractivity contribution in [3.05, 3.63) is 12.2 Å². The monoisotopic (exact) mass is 316 g/mol. The molecule has 9 heavy (non-hydrogen) atoms. The predicted molar refractivity (Wildman–Crippen MR) is 19.2 cm³/mol. The standard InChI is InChI=1S/C4H4O4.Hg/c5-3(6)1-2-4(7)8;/h1-2H,(H,5,6)(H,7,8);/q;+2/p-2/b2-1-;. The zero-order valence-electron chi connectivity index (χ0n) is 4.49. The summed E-state index contributed by atoms with van der Waals surface area (Å²) in [6, 6.07) is 0. The zero-order chi connectivity index (χ0) is 6.57. The van der Waals surface area contributed by atoms with Gasteiger partial charge in [-0.1, -0.05) is 0 Å². The van der Waals surface area contributed by atoms with Crippen LogP contribution in [0.25, 0.3) is 0 Å². The van der Waals surface area contributed by atoms with Crippen LogP contribution < -0.4 is 10.2 Å². The number of hydrogen-bond donors (Lipinski definition) is 0. The van der Waals surface area contributed by atoms with Crippen molar-refractivity contribution in [2.45, 2.75) is 0 Å². The fraction of sp³-hybridized carbons (Fsp3) is 0. The number of carbonyl (C=O) groups excluding carboxylic acids is 2. The Morgan fingerprint density at radius 3 is 1.33 bits per heavy atom. The van der Waals surface area contributed by atoms with Gasteiger partial charge in [-0.3, -0.25) is 0 Å². The molecule has 0 aliphatic rings. The van der Waals surface area contributed by atoms with Gasteiger partial charge in [0.05, 0.1) is 11.9 Å². The number of hydrogen-bond acceptors (Lipinski definition) is 4. The first-order chi connectivity index (χ1) is 3.63. The third kappa shape index (κ3) is 11.3. The smallest absolute Gasteiger partial charge is 0.545 e. The molecular formula is C4H2HgO4. The summed E-state index contributed by atoms with van der Waals surface area (Å²) in [7, 11) is 0. The molecule has 0 aromatic carbocycles. The van der Waals surface area contributed by atoms with Crippen LogP contribution in [-0.4, -0.2) is 11.9 Å². The largest absolute Gasteiger partial charge is 2.00 e. The van der Waals surface area contributed by atoms with E-state index in [1.807, 2.05) is 0 Å². The van der Waals surface area contributed by atoms with E-state index in [1.165, 1.54) is 0 Å². The SMILES string of the molecule is O=C([O-])/C=C\C(=O)[O-].[Hg+2]. The zero-order valence-corrected chi connectivity index (χ0v) is 9.99. The Hall–Kier alpha value is -0.385. The summed E-state index contributed by atoms with van der Waals surface area (Å²) in [4.78, 5) is 18.8. The van der Waals surface area contributed by atoms with Gasteiger partial charge in [-0.25, -0.2) is 0 Å². The van der Waals surface area contributed by atoms with Crippen molar-refractivity contribution < 1.29 is 47.5 Å². The molecule has 0 fully saturated rings. The van der Waals surface area contributed by atoms with Crippen LogP contribution in [0.2, 0.25) is 0 Å². The Kier molecular flexibility index (Phi) is 7.29. The van der Waals surface area contributed by atoms with Gasteiger partial charge in [-0.15, -0.1) is 0 Å². The topological polar surface area (TPSA) is 80.3 Å². The first kappa shape index (κ1) is 11.4. The summed E-state index contributed by atoms with van der Waals surface area (Å²) < 4.78 is 0. The van der Waals surface area contributed by atoms with Crippen molar-refractivity contribution in [3.8, 4) is 0 Å². The van der Waals surface area contributed by atoms with Crippen LogP contribution in [0.15, 0.2) is 12.2 Å². The third-order valence-corrected chi connectivity index (χ3v) is 0.355. The maximum absolute atomic E-state index is 9.41. The van der Waals surface area contributed by atoms with Gasteiger partial charge in [-0.2, -0.15) is 0 Å². The fourth-order valence-corrected chi connectivity index (χ4v) is 0.136. The van der Waals surface area contributed by atoms with E-state index in [0.29, 0.717) is 12.2 Å². The van der Waals surface area contributed by atoms with Crippen molar-refractivity contribution in [1.82, 2.24) is 0 Å². The van der Waals surface area contributed by atoms with Crippen molar-refractivity contribution in [1.29, 1.82) is 0 Å². The molecular weight excluding hydrogens is 313 g/mol. The Labute approximate surface area is 71.7 Å². The number of carboxylic acid groups (broad SMARTS) is 2. The van der Waals surface area contributed by atoms with E-state index in [0.717, 1.165) is 0 Å². The van der Waals surface area contributed by atoms with E-state index in [4.69, 9.17) is 0 Å². The second-order valence-electron chi connectivity index (χ2n) is 0.971. The van der Waals surface area contributed by atoms with Gasteiger partial charge in [0.1, 0.15) is 0 Å². The van der Waals surface area contributed by atoms with E-state index < -0.39 is 11.9 Å². The summed E-state index contributed by atoms with van der Waals surface area (Å²) in [6.07, 6.45) is 0.769. The van der Waals surface area contributed by atoms with Gasteiger partial charge in [0, 0.05) is 0 Å². The molecule has 44 valence electrons. The van der Waals surface area contributed by atoms with Gasteiger partial charge in [0.25, 0.3) is 0 Å². The molecule has 0 atom stereocenters. The minimum absolute atomic E-state index is 0. The summed E-state index contributed by atoms with van der Waals surface area (Å²) in [5.41, 5.74) is 0. The molecule has 0 heterocycles. The van der Waals surface area contributed by atoms with Crippen LogP contribution in [0.1, 0.15) is 0 Å².